The fraction of sp³-hybridized carbons (Fsp3) is 0.0870. The molecule has 1 atom stereocenters. The number of carbonyl (C=O) groups is 3. The third-order valence-corrected chi connectivity index (χ3v) is 4.73. The Labute approximate surface area is 187 Å². The average molecular weight is 453 g/mol. The van der Waals surface area contributed by atoms with Crippen molar-refractivity contribution in [3.63, 3.8) is 0 Å². The number of anilines is 1. The van der Waals surface area contributed by atoms with Crippen LogP contribution in [-0.4, -0.2) is 28.7 Å². The third-order valence-electron chi connectivity index (χ3n) is 4.50. The lowest BCUT2D eigenvalue weighted by Gasteiger charge is -2.15. The predicted molar refractivity (Wildman–Crippen MR) is 118 cm³/mol. The van der Waals surface area contributed by atoms with E-state index in [1.807, 2.05) is 0 Å². The summed E-state index contributed by atoms with van der Waals surface area (Å²) in [6, 6.07) is 17.5. The summed E-state index contributed by atoms with van der Waals surface area (Å²) in [6.07, 6.45) is -1.08. The highest BCUT2D eigenvalue weighted by Gasteiger charge is 2.23. The Morgan fingerprint density at radius 2 is 1.66 bits per heavy atom. The number of halogens is 1. The van der Waals surface area contributed by atoms with Gasteiger partial charge in [-0.25, -0.2) is 4.79 Å². The highest BCUT2D eigenvalue weighted by Crippen LogP contribution is 2.20. The van der Waals surface area contributed by atoms with Gasteiger partial charge in [0.2, 0.25) is 5.78 Å². The molecule has 0 fully saturated rings. The maximum atomic E-state index is 12.7. The van der Waals surface area contributed by atoms with E-state index < -0.39 is 28.7 Å². The Morgan fingerprint density at radius 3 is 2.31 bits per heavy atom. The van der Waals surface area contributed by atoms with Crippen LogP contribution < -0.4 is 5.32 Å². The minimum atomic E-state index is -1.08. The molecule has 0 radical (unpaired) electrons. The van der Waals surface area contributed by atoms with Gasteiger partial charge >= 0.3 is 5.97 Å². The molecule has 1 N–H and O–H groups in total. The minimum absolute atomic E-state index is 0.0495. The first-order chi connectivity index (χ1) is 15.3. The van der Waals surface area contributed by atoms with E-state index in [2.05, 4.69) is 5.32 Å². The number of ketones is 1. The molecule has 0 saturated heterocycles. The molecule has 0 spiro atoms. The monoisotopic (exact) mass is 452 g/mol. The summed E-state index contributed by atoms with van der Waals surface area (Å²) in [7, 11) is 0. The lowest BCUT2D eigenvalue weighted by molar-refractivity contribution is -0.384. The second kappa shape index (κ2) is 9.84. The molecule has 32 heavy (non-hydrogen) atoms. The van der Waals surface area contributed by atoms with E-state index in [0.29, 0.717) is 10.6 Å². The largest absolute Gasteiger partial charge is 0.451 e. The van der Waals surface area contributed by atoms with Crippen molar-refractivity contribution in [2.75, 3.05) is 5.32 Å². The number of Topliss-reactive ketones (excluding diaryl/α,β-unsaturated/α-hetero) is 1. The molecule has 0 aliphatic carbocycles. The number of hydrogen-bond acceptors (Lipinski definition) is 6. The molecule has 3 rings (SSSR count). The number of non-ortho nitro benzene ring substituents is 1. The van der Waals surface area contributed by atoms with Gasteiger partial charge in [-0.05, 0) is 43.3 Å². The van der Waals surface area contributed by atoms with Crippen molar-refractivity contribution < 1.29 is 24.0 Å². The topological polar surface area (TPSA) is 116 Å². The molecular formula is C23H17ClN2O6. The predicted octanol–water partition coefficient (Wildman–Crippen LogP) is 4.93. The highest BCUT2D eigenvalue weighted by atomic mass is 35.5. The SMILES string of the molecule is CC(OC(=O)c1ccccc1NC(=O)c1ccc([N+](=O)[O-])cc1)C(=O)c1cccc(Cl)c1. The maximum absolute atomic E-state index is 12.7. The van der Waals surface area contributed by atoms with Gasteiger partial charge in [0.1, 0.15) is 0 Å². The fourth-order valence-corrected chi connectivity index (χ4v) is 3.04. The number of amides is 1. The lowest BCUT2D eigenvalue weighted by Crippen LogP contribution is -2.25. The molecular weight excluding hydrogens is 436 g/mol. The van der Waals surface area contributed by atoms with Crippen molar-refractivity contribution in [1.29, 1.82) is 0 Å². The Hall–Kier alpha value is -4.04. The Balaban J connectivity index is 1.73. The van der Waals surface area contributed by atoms with Crippen LogP contribution in [0.3, 0.4) is 0 Å². The fourth-order valence-electron chi connectivity index (χ4n) is 2.85. The smallest absolute Gasteiger partial charge is 0.340 e. The zero-order valence-electron chi connectivity index (χ0n) is 16.8. The number of para-hydroxylation sites is 1. The van der Waals surface area contributed by atoms with Gasteiger partial charge in [0, 0.05) is 28.3 Å². The van der Waals surface area contributed by atoms with E-state index >= 15 is 0 Å². The highest BCUT2D eigenvalue weighted by molar-refractivity contribution is 6.31. The standard InChI is InChI=1S/C23H17ClN2O6/c1-14(21(27)16-5-4-6-17(24)13-16)32-23(29)19-7-2-3-8-20(19)25-22(28)15-9-11-18(12-10-15)26(30)31/h2-14H,1H3,(H,25,28). The molecule has 3 aromatic rings. The number of nitrogens with one attached hydrogen (secondary N) is 1. The van der Waals surface area contributed by atoms with E-state index in [9.17, 15) is 24.5 Å². The summed E-state index contributed by atoms with van der Waals surface area (Å²) < 4.78 is 5.30. The number of nitrogens with zero attached hydrogens (tertiary/aromatic N) is 1. The number of benzene rings is 3. The van der Waals surface area contributed by atoms with Crippen LogP contribution in [-0.2, 0) is 4.74 Å². The van der Waals surface area contributed by atoms with Crippen LogP contribution in [0.2, 0.25) is 5.02 Å². The van der Waals surface area contributed by atoms with Gasteiger partial charge in [-0.3, -0.25) is 19.7 Å². The molecule has 0 bridgehead atoms. The molecule has 162 valence electrons. The van der Waals surface area contributed by atoms with Gasteiger partial charge in [0.25, 0.3) is 11.6 Å². The Morgan fingerprint density at radius 1 is 0.969 bits per heavy atom. The molecule has 0 saturated carbocycles. The van der Waals surface area contributed by atoms with Crippen LogP contribution in [0.1, 0.15) is 38.0 Å². The van der Waals surface area contributed by atoms with Crippen molar-refractivity contribution in [2.45, 2.75) is 13.0 Å². The second-order valence-electron chi connectivity index (χ2n) is 6.73. The summed E-state index contributed by atoms with van der Waals surface area (Å²) in [4.78, 5) is 47.9. The Kier molecular flexibility index (Phi) is 6.97. The van der Waals surface area contributed by atoms with Crippen molar-refractivity contribution in [1.82, 2.24) is 0 Å². The zero-order valence-corrected chi connectivity index (χ0v) is 17.5. The van der Waals surface area contributed by atoms with Crippen LogP contribution in [0.25, 0.3) is 0 Å². The first-order valence-corrected chi connectivity index (χ1v) is 9.79. The third kappa shape index (κ3) is 5.35. The van der Waals surface area contributed by atoms with Gasteiger partial charge in [0.05, 0.1) is 16.2 Å². The number of carbonyl (C=O) groups excluding carboxylic acids is 3. The first kappa shape index (κ1) is 22.6. The van der Waals surface area contributed by atoms with Crippen LogP contribution >= 0.6 is 11.6 Å². The first-order valence-electron chi connectivity index (χ1n) is 9.42. The molecule has 0 aromatic heterocycles. The Bertz CT molecular complexity index is 1190. The maximum Gasteiger partial charge on any atom is 0.340 e. The van der Waals surface area contributed by atoms with E-state index in [1.165, 1.54) is 49.4 Å². The van der Waals surface area contributed by atoms with Crippen molar-refractivity contribution in [3.05, 3.63) is 105 Å². The van der Waals surface area contributed by atoms with Crippen LogP contribution in [0.4, 0.5) is 11.4 Å². The van der Waals surface area contributed by atoms with Crippen molar-refractivity contribution >= 4 is 40.6 Å². The summed E-state index contributed by atoms with van der Waals surface area (Å²) in [5, 5.41) is 13.7. The summed E-state index contributed by atoms with van der Waals surface area (Å²) >= 11 is 5.91. The number of rotatable bonds is 7. The van der Waals surface area contributed by atoms with Crippen molar-refractivity contribution in [3.8, 4) is 0 Å². The minimum Gasteiger partial charge on any atom is -0.451 e. The van der Waals surface area contributed by atoms with Crippen molar-refractivity contribution in [2.24, 2.45) is 0 Å². The molecule has 3 aromatic carbocycles. The molecule has 8 nitrogen and oxygen atoms in total. The van der Waals surface area contributed by atoms with E-state index in [1.54, 1.807) is 30.3 Å². The lowest BCUT2D eigenvalue weighted by atomic mass is 10.1. The molecule has 0 aliphatic rings. The van der Waals surface area contributed by atoms with Gasteiger partial charge in [0.15, 0.2) is 6.10 Å². The summed E-state index contributed by atoms with van der Waals surface area (Å²) in [5.41, 5.74) is 0.543. The quantitative estimate of drug-likeness (QED) is 0.235. The molecule has 9 heteroatoms. The number of ether oxygens (including phenoxy) is 1. The average Bonchev–Trinajstić information content (AvgIpc) is 2.78. The van der Waals surface area contributed by atoms with E-state index in [0.717, 1.165) is 0 Å². The molecule has 1 amide bonds. The van der Waals surface area contributed by atoms with Crippen LogP contribution in [0, 0.1) is 10.1 Å². The van der Waals surface area contributed by atoms with Gasteiger partial charge < -0.3 is 10.1 Å². The second-order valence-corrected chi connectivity index (χ2v) is 7.16. The summed E-state index contributed by atoms with van der Waals surface area (Å²) in [5.74, 6) is -1.79. The molecule has 1 unspecified atom stereocenters. The van der Waals surface area contributed by atoms with Gasteiger partial charge in [-0.2, -0.15) is 0 Å². The molecule has 0 aliphatic heterocycles. The van der Waals surface area contributed by atoms with Crippen LogP contribution in [0.15, 0.2) is 72.8 Å². The number of nitro benzene ring substituents is 1. The molecule has 0 heterocycles. The summed E-state index contributed by atoms with van der Waals surface area (Å²) in [6.45, 7) is 1.44. The van der Waals surface area contributed by atoms with Gasteiger partial charge in [-0.1, -0.05) is 35.9 Å². The van der Waals surface area contributed by atoms with E-state index in [4.69, 9.17) is 16.3 Å². The number of esters is 1. The zero-order chi connectivity index (χ0) is 23.3. The van der Waals surface area contributed by atoms with E-state index in [-0.39, 0.29) is 22.5 Å². The van der Waals surface area contributed by atoms with Crippen LogP contribution in [0.5, 0.6) is 0 Å². The number of hydrogen-bond donors (Lipinski definition) is 1. The normalized spacial score (nSPS) is 11.3. The number of nitro groups is 1. The van der Waals surface area contributed by atoms with Gasteiger partial charge in [-0.15, -0.1) is 0 Å².